The van der Waals surface area contributed by atoms with Crippen LogP contribution in [0, 0.1) is 5.92 Å². The van der Waals surface area contributed by atoms with Gasteiger partial charge in [-0.25, -0.2) is 8.42 Å². The van der Waals surface area contributed by atoms with Crippen LogP contribution in [-0.2, 0) is 21.1 Å². The molecule has 1 unspecified atom stereocenters. The average Bonchev–Trinajstić information content (AvgIpc) is 2.97. The summed E-state index contributed by atoms with van der Waals surface area (Å²) in [4.78, 5) is 11.9. The fourth-order valence-electron chi connectivity index (χ4n) is 3.30. The van der Waals surface area contributed by atoms with Gasteiger partial charge in [-0.3, -0.25) is 4.79 Å². The van der Waals surface area contributed by atoms with E-state index in [0.29, 0.717) is 36.0 Å². The quantitative estimate of drug-likeness (QED) is 0.627. The molecule has 0 radical (unpaired) electrons. The van der Waals surface area contributed by atoms with Gasteiger partial charge < -0.3 is 14.8 Å². The number of rotatable bonds is 10. The molecule has 1 aromatic rings. The van der Waals surface area contributed by atoms with Gasteiger partial charge in [0.05, 0.1) is 25.7 Å². The van der Waals surface area contributed by atoms with E-state index in [1.54, 1.807) is 14.2 Å². The third kappa shape index (κ3) is 6.52. The van der Waals surface area contributed by atoms with Crippen LogP contribution in [0.5, 0.6) is 11.5 Å². The van der Waals surface area contributed by atoms with Crippen molar-refractivity contribution in [1.82, 2.24) is 5.32 Å². The molecule has 0 aromatic heterocycles. The highest BCUT2D eigenvalue weighted by atomic mass is 32.2. The molecule has 1 fully saturated rings. The third-order valence-electron chi connectivity index (χ3n) is 4.76. The second kappa shape index (κ2) is 9.80. The van der Waals surface area contributed by atoms with Crippen molar-refractivity contribution in [2.75, 3.05) is 32.3 Å². The summed E-state index contributed by atoms with van der Waals surface area (Å²) in [5, 5.41) is 2.92. The maximum Gasteiger partial charge on any atom is 0.220 e. The first-order valence-electron chi connectivity index (χ1n) is 9.11. The van der Waals surface area contributed by atoms with Gasteiger partial charge in [-0.15, -0.1) is 0 Å². The van der Waals surface area contributed by atoms with E-state index >= 15 is 0 Å². The summed E-state index contributed by atoms with van der Waals surface area (Å²) in [5.41, 5.74) is 1.11. The topological polar surface area (TPSA) is 81.7 Å². The molecule has 1 amide bonds. The van der Waals surface area contributed by atoms with E-state index in [9.17, 15) is 13.2 Å². The molecule has 1 aliphatic heterocycles. The Morgan fingerprint density at radius 3 is 2.62 bits per heavy atom. The Hall–Kier alpha value is -1.76. The lowest BCUT2D eigenvalue weighted by molar-refractivity contribution is -0.121. The van der Waals surface area contributed by atoms with Gasteiger partial charge in [-0.05, 0) is 55.7 Å². The molecule has 1 aliphatic rings. The standard InChI is InChI=1S/C19H29NO5S/c1-24-17-9-8-15(13-18(17)25-2)5-3-7-19(21)20-11-4-6-16-10-12-26(22,23)14-16/h8-9,13,16H,3-7,10-12,14H2,1-2H3,(H,20,21). The normalized spacial score (nSPS) is 18.5. The molecule has 1 N–H and O–H groups in total. The third-order valence-corrected chi connectivity index (χ3v) is 6.59. The number of benzene rings is 1. The molecule has 0 saturated carbocycles. The maximum absolute atomic E-state index is 11.9. The Labute approximate surface area is 156 Å². The van der Waals surface area contributed by atoms with Crippen LogP contribution in [0.4, 0.5) is 0 Å². The molecule has 0 bridgehead atoms. The summed E-state index contributed by atoms with van der Waals surface area (Å²) in [7, 11) is 0.411. The molecular weight excluding hydrogens is 354 g/mol. The van der Waals surface area contributed by atoms with Crippen LogP contribution in [0.25, 0.3) is 0 Å². The van der Waals surface area contributed by atoms with Crippen LogP contribution in [0.15, 0.2) is 18.2 Å². The van der Waals surface area contributed by atoms with Crippen LogP contribution in [-0.4, -0.2) is 46.6 Å². The number of ether oxygens (including phenoxy) is 2. The Balaban J connectivity index is 1.60. The molecule has 7 heteroatoms. The van der Waals surface area contributed by atoms with Crippen LogP contribution in [0.1, 0.15) is 37.7 Å². The van der Waals surface area contributed by atoms with Crippen LogP contribution in [0.2, 0.25) is 0 Å². The average molecular weight is 384 g/mol. The number of methoxy groups -OCH3 is 2. The lowest BCUT2D eigenvalue weighted by Gasteiger charge is -2.10. The molecule has 1 aromatic carbocycles. The van der Waals surface area contributed by atoms with Crippen molar-refractivity contribution in [1.29, 1.82) is 0 Å². The van der Waals surface area contributed by atoms with Gasteiger partial charge in [0.25, 0.3) is 0 Å². The van der Waals surface area contributed by atoms with Gasteiger partial charge in [-0.2, -0.15) is 0 Å². The summed E-state index contributed by atoms with van der Waals surface area (Å²) in [5.74, 6) is 2.34. The maximum atomic E-state index is 11.9. The molecule has 26 heavy (non-hydrogen) atoms. The smallest absolute Gasteiger partial charge is 0.220 e. The van der Waals surface area contributed by atoms with E-state index < -0.39 is 9.84 Å². The van der Waals surface area contributed by atoms with E-state index in [2.05, 4.69) is 5.32 Å². The Bertz CT molecular complexity index is 702. The summed E-state index contributed by atoms with van der Waals surface area (Å²) in [6.07, 6.45) is 4.51. The van der Waals surface area contributed by atoms with Crippen LogP contribution >= 0.6 is 0 Å². The number of carbonyl (C=O) groups is 1. The monoisotopic (exact) mass is 383 g/mol. The highest BCUT2D eigenvalue weighted by Crippen LogP contribution is 2.28. The van der Waals surface area contributed by atoms with E-state index in [-0.39, 0.29) is 11.8 Å². The van der Waals surface area contributed by atoms with Crippen molar-refractivity contribution >= 4 is 15.7 Å². The molecule has 1 atom stereocenters. The van der Waals surface area contributed by atoms with Gasteiger partial charge in [0.1, 0.15) is 0 Å². The van der Waals surface area contributed by atoms with Crippen LogP contribution in [0.3, 0.4) is 0 Å². The van der Waals surface area contributed by atoms with Gasteiger partial charge >= 0.3 is 0 Å². The second-order valence-corrected chi connectivity index (χ2v) is 9.03. The summed E-state index contributed by atoms with van der Waals surface area (Å²) >= 11 is 0. The second-order valence-electron chi connectivity index (χ2n) is 6.80. The fourth-order valence-corrected chi connectivity index (χ4v) is 5.21. The van der Waals surface area contributed by atoms with Crippen molar-refractivity contribution < 1.29 is 22.7 Å². The largest absolute Gasteiger partial charge is 0.493 e. The number of sulfone groups is 1. The van der Waals surface area contributed by atoms with E-state index in [1.165, 1.54) is 0 Å². The number of hydrogen-bond acceptors (Lipinski definition) is 5. The Kier molecular flexibility index (Phi) is 7.75. The number of carbonyl (C=O) groups excluding carboxylic acids is 1. The first-order valence-corrected chi connectivity index (χ1v) is 10.9. The highest BCUT2D eigenvalue weighted by molar-refractivity contribution is 7.91. The summed E-state index contributed by atoms with van der Waals surface area (Å²) in [6, 6.07) is 5.79. The molecule has 0 aliphatic carbocycles. The van der Waals surface area contributed by atoms with E-state index in [1.807, 2.05) is 18.2 Å². The van der Waals surface area contributed by atoms with Crippen molar-refractivity contribution in [3.8, 4) is 11.5 Å². The van der Waals surface area contributed by atoms with Gasteiger partial charge in [0, 0.05) is 13.0 Å². The number of nitrogens with one attached hydrogen (secondary N) is 1. The number of hydrogen-bond donors (Lipinski definition) is 1. The van der Waals surface area contributed by atoms with Crippen molar-refractivity contribution in [3.05, 3.63) is 23.8 Å². The minimum atomic E-state index is -2.80. The molecular formula is C19H29NO5S. The van der Waals surface area contributed by atoms with Gasteiger partial charge in [0.15, 0.2) is 21.3 Å². The Morgan fingerprint density at radius 1 is 1.19 bits per heavy atom. The number of amides is 1. The molecule has 1 saturated heterocycles. The number of aryl methyl sites for hydroxylation is 1. The summed E-state index contributed by atoms with van der Waals surface area (Å²) in [6.45, 7) is 0.617. The fraction of sp³-hybridized carbons (Fsp3) is 0.632. The zero-order valence-electron chi connectivity index (χ0n) is 15.6. The lowest BCUT2D eigenvalue weighted by Crippen LogP contribution is -2.24. The molecule has 1 heterocycles. The van der Waals surface area contributed by atoms with E-state index in [4.69, 9.17) is 9.47 Å². The highest BCUT2D eigenvalue weighted by Gasteiger charge is 2.27. The Morgan fingerprint density at radius 2 is 1.96 bits per heavy atom. The molecule has 0 spiro atoms. The first-order chi connectivity index (χ1) is 12.4. The SMILES string of the molecule is COc1ccc(CCCC(=O)NCCCC2CCS(=O)(=O)C2)cc1OC. The van der Waals surface area contributed by atoms with E-state index in [0.717, 1.165) is 37.7 Å². The van der Waals surface area contributed by atoms with Crippen molar-refractivity contribution in [2.45, 2.75) is 38.5 Å². The predicted molar refractivity (Wildman–Crippen MR) is 101 cm³/mol. The molecule has 2 rings (SSSR count). The zero-order chi connectivity index (χ0) is 19.0. The molecule has 6 nitrogen and oxygen atoms in total. The minimum absolute atomic E-state index is 0.0459. The van der Waals surface area contributed by atoms with Gasteiger partial charge in [-0.1, -0.05) is 6.07 Å². The predicted octanol–water partition coefficient (Wildman–Crippen LogP) is 2.36. The lowest BCUT2D eigenvalue weighted by atomic mass is 10.0. The van der Waals surface area contributed by atoms with Crippen molar-refractivity contribution in [2.24, 2.45) is 5.92 Å². The van der Waals surface area contributed by atoms with Crippen LogP contribution < -0.4 is 14.8 Å². The molecule has 146 valence electrons. The zero-order valence-corrected chi connectivity index (χ0v) is 16.4. The summed E-state index contributed by atoms with van der Waals surface area (Å²) < 4.78 is 33.3. The van der Waals surface area contributed by atoms with Gasteiger partial charge in [0.2, 0.25) is 5.91 Å². The minimum Gasteiger partial charge on any atom is -0.493 e. The van der Waals surface area contributed by atoms with Crippen molar-refractivity contribution in [3.63, 3.8) is 0 Å². The first kappa shape index (κ1) is 20.6.